The standard InChI is InChI=1S/C8H18O5.CH4O/c1-12-4-5-13-8(11)6-7(10)2-3-9;1-2/h7-11H,2-6H2,1H3;2H,1H3. The summed E-state index contributed by atoms with van der Waals surface area (Å²) in [6, 6.07) is 0. The average molecular weight is 226 g/mol. The first-order chi connectivity index (χ1) is 7.20. The molecule has 0 heterocycles. The van der Waals surface area contributed by atoms with Crippen LogP contribution in [0.3, 0.4) is 0 Å². The van der Waals surface area contributed by atoms with Gasteiger partial charge in [-0.3, -0.25) is 0 Å². The molecule has 0 bridgehead atoms. The first kappa shape index (κ1) is 17.2. The Morgan fingerprint density at radius 2 is 1.73 bits per heavy atom. The summed E-state index contributed by atoms with van der Waals surface area (Å²) in [5.41, 5.74) is 0. The zero-order valence-corrected chi connectivity index (χ0v) is 9.30. The molecule has 6 nitrogen and oxygen atoms in total. The number of methoxy groups -OCH3 is 1. The van der Waals surface area contributed by atoms with Crippen LogP contribution in [0.4, 0.5) is 0 Å². The Morgan fingerprint density at radius 3 is 2.20 bits per heavy atom. The molecule has 0 saturated heterocycles. The van der Waals surface area contributed by atoms with Gasteiger partial charge >= 0.3 is 0 Å². The molecule has 2 atom stereocenters. The number of ether oxygens (including phenoxy) is 2. The largest absolute Gasteiger partial charge is 0.400 e. The van der Waals surface area contributed by atoms with Gasteiger partial charge in [0, 0.05) is 27.2 Å². The Kier molecular flexibility index (Phi) is 15.7. The summed E-state index contributed by atoms with van der Waals surface area (Å²) in [6.07, 6.45) is -1.34. The molecule has 0 aliphatic heterocycles. The molecular formula is C9H22O6. The summed E-state index contributed by atoms with van der Waals surface area (Å²) < 4.78 is 9.59. The van der Waals surface area contributed by atoms with Crippen molar-refractivity contribution in [3.05, 3.63) is 0 Å². The maximum Gasteiger partial charge on any atom is 0.157 e. The van der Waals surface area contributed by atoms with Crippen molar-refractivity contribution in [3.8, 4) is 0 Å². The lowest BCUT2D eigenvalue weighted by molar-refractivity contribution is -0.128. The van der Waals surface area contributed by atoms with Crippen LogP contribution in [0.15, 0.2) is 0 Å². The third kappa shape index (κ3) is 13.8. The number of hydrogen-bond acceptors (Lipinski definition) is 6. The summed E-state index contributed by atoms with van der Waals surface area (Å²) in [6.45, 7) is 0.614. The first-order valence-corrected chi connectivity index (χ1v) is 4.73. The predicted octanol–water partition coefficient (Wildman–Crippen LogP) is -1.29. The Bertz CT molecular complexity index is 111. The lowest BCUT2D eigenvalue weighted by Gasteiger charge is -2.15. The molecule has 0 fully saturated rings. The SMILES string of the molecule is CO.COCCOC(O)CC(O)CCO. The normalized spacial score (nSPS) is 14.0. The molecule has 0 spiro atoms. The van der Waals surface area contributed by atoms with E-state index in [9.17, 15) is 0 Å². The quantitative estimate of drug-likeness (QED) is 0.303. The van der Waals surface area contributed by atoms with Crippen molar-refractivity contribution in [2.45, 2.75) is 25.2 Å². The van der Waals surface area contributed by atoms with E-state index in [1.54, 1.807) is 0 Å². The predicted molar refractivity (Wildman–Crippen MR) is 54.3 cm³/mol. The fourth-order valence-electron chi connectivity index (χ4n) is 0.835. The van der Waals surface area contributed by atoms with Crippen LogP contribution in [0.5, 0.6) is 0 Å². The minimum Gasteiger partial charge on any atom is -0.400 e. The monoisotopic (exact) mass is 226 g/mol. The van der Waals surface area contributed by atoms with Gasteiger partial charge in [-0.25, -0.2) is 0 Å². The summed E-state index contributed by atoms with van der Waals surface area (Å²) >= 11 is 0. The molecule has 0 aromatic rings. The highest BCUT2D eigenvalue weighted by molar-refractivity contribution is 4.56. The molecule has 0 aromatic carbocycles. The molecule has 0 aliphatic carbocycles. The fraction of sp³-hybridized carbons (Fsp3) is 1.00. The van der Waals surface area contributed by atoms with Gasteiger partial charge < -0.3 is 29.9 Å². The second kappa shape index (κ2) is 13.8. The van der Waals surface area contributed by atoms with E-state index in [0.717, 1.165) is 7.11 Å². The third-order valence-corrected chi connectivity index (χ3v) is 1.53. The molecule has 2 unspecified atom stereocenters. The van der Waals surface area contributed by atoms with Crippen molar-refractivity contribution in [2.24, 2.45) is 0 Å². The van der Waals surface area contributed by atoms with E-state index in [1.165, 1.54) is 7.11 Å². The number of aliphatic hydroxyl groups is 4. The zero-order chi connectivity index (χ0) is 12.1. The summed E-state index contributed by atoms with van der Waals surface area (Å²) in [7, 11) is 2.54. The van der Waals surface area contributed by atoms with Gasteiger partial charge in [-0.2, -0.15) is 0 Å². The summed E-state index contributed by atoms with van der Waals surface area (Å²) in [5.74, 6) is 0. The molecule has 0 aromatic heterocycles. The van der Waals surface area contributed by atoms with Crippen LogP contribution < -0.4 is 0 Å². The zero-order valence-electron chi connectivity index (χ0n) is 9.30. The van der Waals surface area contributed by atoms with Gasteiger partial charge in [0.15, 0.2) is 6.29 Å². The van der Waals surface area contributed by atoms with E-state index in [2.05, 4.69) is 0 Å². The van der Waals surface area contributed by atoms with Crippen LogP contribution in [0, 0.1) is 0 Å². The Labute approximate surface area is 90.1 Å². The van der Waals surface area contributed by atoms with Gasteiger partial charge in [0.1, 0.15) is 0 Å². The van der Waals surface area contributed by atoms with E-state index >= 15 is 0 Å². The minimum absolute atomic E-state index is 0.0913. The highest BCUT2D eigenvalue weighted by Crippen LogP contribution is 2.02. The lowest BCUT2D eigenvalue weighted by atomic mass is 10.2. The Balaban J connectivity index is 0. The Hall–Kier alpha value is -0.240. The van der Waals surface area contributed by atoms with Crippen LogP contribution in [-0.4, -0.2) is 66.9 Å². The number of rotatable bonds is 8. The highest BCUT2D eigenvalue weighted by Gasteiger charge is 2.11. The van der Waals surface area contributed by atoms with Gasteiger partial charge in [-0.1, -0.05) is 0 Å². The molecule has 15 heavy (non-hydrogen) atoms. The molecule has 0 aliphatic rings. The van der Waals surface area contributed by atoms with Gasteiger partial charge in [0.05, 0.1) is 19.3 Å². The fourth-order valence-corrected chi connectivity index (χ4v) is 0.835. The van der Waals surface area contributed by atoms with Gasteiger partial charge in [-0.15, -0.1) is 0 Å². The molecule has 94 valence electrons. The van der Waals surface area contributed by atoms with Gasteiger partial charge in [0.2, 0.25) is 0 Å². The van der Waals surface area contributed by atoms with Crippen LogP contribution in [0.2, 0.25) is 0 Å². The molecule has 0 saturated carbocycles. The van der Waals surface area contributed by atoms with Crippen molar-refractivity contribution in [1.82, 2.24) is 0 Å². The lowest BCUT2D eigenvalue weighted by Crippen LogP contribution is -2.22. The third-order valence-electron chi connectivity index (χ3n) is 1.53. The summed E-state index contributed by atoms with van der Waals surface area (Å²) in [5, 5.41) is 33.8. The molecular weight excluding hydrogens is 204 g/mol. The van der Waals surface area contributed by atoms with Crippen LogP contribution in [-0.2, 0) is 9.47 Å². The number of aliphatic hydroxyl groups excluding tert-OH is 4. The molecule has 4 N–H and O–H groups in total. The van der Waals surface area contributed by atoms with Crippen molar-refractivity contribution >= 4 is 0 Å². The molecule has 0 rings (SSSR count). The minimum atomic E-state index is -0.989. The molecule has 0 radical (unpaired) electrons. The maximum absolute atomic E-state index is 9.15. The highest BCUT2D eigenvalue weighted by atomic mass is 16.6. The average Bonchev–Trinajstić information content (AvgIpc) is 2.21. The van der Waals surface area contributed by atoms with Crippen molar-refractivity contribution < 1.29 is 29.9 Å². The second-order valence-electron chi connectivity index (χ2n) is 2.72. The van der Waals surface area contributed by atoms with Gasteiger partial charge in [-0.05, 0) is 6.42 Å². The molecule has 6 heteroatoms. The van der Waals surface area contributed by atoms with Crippen LogP contribution in [0.25, 0.3) is 0 Å². The first-order valence-electron chi connectivity index (χ1n) is 4.73. The van der Waals surface area contributed by atoms with E-state index in [1.807, 2.05) is 0 Å². The number of hydrogen-bond donors (Lipinski definition) is 4. The van der Waals surface area contributed by atoms with Gasteiger partial charge in [0.25, 0.3) is 0 Å². The van der Waals surface area contributed by atoms with Crippen molar-refractivity contribution in [1.29, 1.82) is 0 Å². The van der Waals surface area contributed by atoms with Crippen LogP contribution >= 0.6 is 0 Å². The van der Waals surface area contributed by atoms with E-state index in [4.69, 9.17) is 29.9 Å². The maximum atomic E-state index is 9.15. The topological polar surface area (TPSA) is 99.4 Å². The van der Waals surface area contributed by atoms with E-state index in [0.29, 0.717) is 13.2 Å². The molecule has 0 amide bonds. The Morgan fingerprint density at radius 1 is 1.13 bits per heavy atom. The second-order valence-corrected chi connectivity index (χ2v) is 2.72. The van der Waals surface area contributed by atoms with Crippen molar-refractivity contribution in [2.75, 3.05) is 34.0 Å². The van der Waals surface area contributed by atoms with E-state index < -0.39 is 12.4 Å². The van der Waals surface area contributed by atoms with E-state index in [-0.39, 0.29) is 19.4 Å². The smallest absolute Gasteiger partial charge is 0.157 e. The van der Waals surface area contributed by atoms with Crippen LogP contribution in [0.1, 0.15) is 12.8 Å². The summed E-state index contributed by atoms with van der Waals surface area (Å²) in [4.78, 5) is 0. The van der Waals surface area contributed by atoms with Crippen molar-refractivity contribution in [3.63, 3.8) is 0 Å².